The van der Waals surface area contributed by atoms with Crippen LogP contribution in [0.2, 0.25) is 0 Å². The van der Waals surface area contributed by atoms with Crippen LogP contribution in [0.5, 0.6) is 0 Å². The number of rotatable bonds is 10. The molecule has 5 N–H and O–H groups in total. The molecule has 2 atom stereocenters. The second kappa shape index (κ2) is 12.7. The van der Waals surface area contributed by atoms with Crippen molar-refractivity contribution >= 4 is 17.7 Å². The first-order valence-corrected chi connectivity index (χ1v) is 13.3. The minimum Gasteiger partial charge on any atom is -0.369 e. The van der Waals surface area contributed by atoms with Gasteiger partial charge in [-0.1, -0.05) is 43.2 Å². The van der Waals surface area contributed by atoms with Gasteiger partial charge in [0, 0.05) is 18.4 Å². The standard InChI is InChI=1S/C27H40N4O5/c28-25(33)27(10-4-5-11-27)26(34)31-23(14-19-6-2-1-3-7-19)24(32)30-22(21-8-12-29-13-9-21)15-20-16-35-18-36-17-20/h1-3,6-7,20-23,29H,4-5,8-18H2,(H2,28,33)(H,30,32)(H,31,34)/t22?,23-/m1/s1. The number of primary amides is 1. The highest BCUT2D eigenvalue weighted by molar-refractivity contribution is 6.05. The van der Waals surface area contributed by atoms with E-state index >= 15 is 0 Å². The number of amides is 3. The molecular formula is C27H40N4O5. The van der Waals surface area contributed by atoms with Crippen LogP contribution in [-0.4, -0.2) is 62.9 Å². The summed E-state index contributed by atoms with van der Waals surface area (Å²) in [5.74, 6) is -0.738. The fraction of sp³-hybridized carbons (Fsp3) is 0.667. The summed E-state index contributed by atoms with van der Waals surface area (Å²) in [6, 6.07) is 8.75. The predicted molar refractivity (Wildman–Crippen MR) is 135 cm³/mol. The summed E-state index contributed by atoms with van der Waals surface area (Å²) >= 11 is 0. The van der Waals surface area contributed by atoms with E-state index in [-0.39, 0.29) is 17.9 Å². The van der Waals surface area contributed by atoms with Gasteiger partial charge in [0.2, 0.25) is 17.7 Å². The van der Waals surface area contributed by atoms with Crippen LogP contribution in [-0.2, 0) is 30.3 Å². The number of hydrogen-bond acceptors (Lipinski definition) is 6. The summed E-state index contributed by atoms with van der Waals surface area (Å²) in [4.78, 5) is 39.4. The number of piperidine rings is 1. The van der Waals surface area contributed by atoms with E-state index in [2.05, 4.69) is 16.0 Å². The van der Waals surface area contributed by atoms with Crippen molar-refractivity contribution in [2.24, 2.45) is 23.0 Å². The molecule has 1 aromatic carbocycles. The Hall–Kier alpha value is -2.49. The summed E-state index contributed by atoms with van der Waals surface area (Å²) in [5.41, 5.74) is 5.39. The summed E-state index contributed by atoms with van der Waals surface area (Å²) in [5, 5.41) is 9.60. The molecule has 3 amide bonds. The number of nitrogens with one attached hydrogen (secondary N) is 3. The van der Waals surface area contributed by atoms with E-state index in [9.17, 15) is 14.4 Å². The highest BCUT2D eigenvalue weighted by Gasteiger charge is 2.47. The monoisotopic (exact) mass is 500 g/mol. The van der Waals surface area contributed by atoms with E-state index < -0.39 is 23.3 Å². The fourth-order valence-electron chi connectivity index (χ4n) is 5.85. The van der Waals surface area contributed by atoms with Gasteiger partial charge in [0.05, 0.1) is 13.2 Å². The van der Waals surface area contributed by atoms with E-state index in [0.29, 0.717) is 45.2 Å². The second-order valence-electron chi connectivity index (χ2n) is 10.5. The van der Waals surface area contributed by atoms with Gasteiger partial charge in [-0.15, -0.1) is 0 Å². The Bertz CT molecular complexity index is 877. The van der Waals surface area contributed by atoms with Gasteiger partial charge in [-0.25, -0.2) is 0 Å². The zero-order valence-corrected chi connectivity index (χ0v) is 21.0. The second-order valence-corrected chi connectivity index (χ2v) is 10.5. The Kier molecular flexibility index (Phi) is 9.34. The van der Waals surface area contributed by atoms with Gasteiger partial charge in [0.25, 0.3) is 0 Å². The van der Waals surface area contributed by atoms with Gasteiger partial charge >= 0.3 is 0 Å². The van der Waals surface area contributed by atoms with Crippen LogP contribution in [0.4, 0.5) is 0 Å². The quantitative estimate of drug-likeness (QED) is 0.358. The smallest absolute Gasteiger partial charge is 0.243 e. The Morgan fingerprint density at radius 2 is 1.69 bits per heavy atom. The maximum atomic E-state index is 13.7. The number of hydrogen-bond donors (Lipinski definition) is 4. The minimum atomic E-state index is -1.24. The average Bonchev–Trinajstić information content (AvgIpc) is 3.41. The lowest BCUT2D eigenvalue weighted by atomic mass is 9.83. The van der Waals surface area contributed by atoms with Crippen molar-refractivity contribution in [3.63, 3.8) is 0 Å². The third kappa shape index (κ3) is 6.63. The third-order valence-electron chi connectivity index (χ3n) is 8.01. The fourth-order valence-corrected chi connectivity index (χ4v) is 5.85. The minimum absolute atomic E-state index is 0.0540. The molecule has 4 rings (SSSR count). The molecule has 36 heavy (non-hydrogen) atoms. The van der Waals surface area contributed by atoms with E-state index in [4.69, 9.17) is 15.2 Å². The maximum Gasteiger partial charge on any atom is 0.243 e. The van der Waals surface area contributed by atoms with Crippen LogP contribution in [0.1, 0.15) is 50.5 Å². The number of benzene rings is 1. The van der Waals surface area contributed by atoms with Crippen molar-refractivity contribution in [2.45, 2.75) is 63.5 Å². The first kappa shape index (κ1) is 26.6. The molecule has 0 spiro atoms. The molecule has 2 aliphatic heterocycles. The van der Waals surface area contributed by atoms with Crippen LogP contribution < -0.4 is 21.7 Å². The first-order valence-electron chi connectivity index (χ1n) is 13.3. The predicted octanol–water partition coefficient (Wildman–Crippen LogP) is 1.25. The Labute approximate surface area is 213 Å². The van der Waals surface area contributed by atoms with Gasteiger partial charge in [0.1, 0.15) is 18.2 Å². The normalized spacial score (nSPS) is 22.4. The lowest BCUT2D eigenvalue weighted by Crippen LogP contribution is -2.57. The van der Waals surface area contributed by atoms with Gasteiger partial charge in [0.15, 0.2) is 0 Å². The molecule has 2 heterocycles. The zero-order valence-electron chi connectivity index (χ0n) is 21.0. The largest absolute Gasteiger partial charge is 0.369 e. The molecule has 0 aromatic heterocycles. The molecule has 0 radical (unpaired) electrons. The van der Waals surface area contributed by atoms with Crippen molar-refractivity contribution in [3.8, 4) is 0 Å². The number of ether oxygens (including phenoxy) is 2. The Morgan fingerprint density at radius 1 is 1.03 bits per heavy atom. The first-order chi connectivity index (χ1) is 17.5. The van der Waals surface area contributed by atoms with Gasteiger partial charge < -0.3 is 31.2 Å². The van der Waals surface area contributed by atoms with Crippen LogP contribution >= 0.6 is 0 Å². The third-order valence-corrected chi connectivity index (χ3v) is 8.01. The summed E-state index contributed by atoms with van der Waals surface area (Å²) < 4.78 is 11.0. The highest BCUT2D eigenvalue weighted by Crippen LogP contribution is 2.38. The topological polar surface area (TPSA) is 132 Å². The summed E-state index contributed by atoms with van der Waals surface area (Å²) in [6.07, 6.45) is 5.43. The Morgan fingerprint density at radius 3 is 2.33 bits per heavy atom. The molecule has 1 unspecified atom stereocenters. The van der Waals surface area contributed by atoms with E-state index in [1.54, 1.807) is 0 Å². The molecule has 1 aliphatic carbocycles. The van der Waals surface area contributed by atoms with Crippen molar-refractivity contribution in [3.05, 3.63) is 35.9 Å². The van der Waals surface area contributed by atoms with E-state index in [1.807, 2.05) is 30.3 Å². The SMILES string of the molecule is NC(=O)C1(C(=O)N[C@H](Cc2ccccc2)C(=O)NC(CC2COCOC2)C2CCNCC2)CCCC1. The molecule has 3 fully saturated rings. The van der Waals surface area contributed by atoms with Crippen LogP contribution in [0.15, 0.2) is 30.3 Å². The molecular weight excluding hydrogens is 460 g/mol. The van der Waals surface area contributed by atoms with Crippen LogP contribution in [0.25, 0.3) is 0 Å². The van der Waals surface area contributed by atoms with Crippen LogP contribution in [0.3, 0.4) is 0 Å². The molecule has 198 valence electrons. The molecule has 9 heteroatoms. The van der Waals surface area contributed by atoms with E-state index in [0.717, 1.165) is 50.8 Å². The van der Waals surface area contributed by atoms with E-state index in [1.165, 1.54) is 0 Å². The van der Waals surface area contributed by atoms with Crippen molar-refractivity contribution < 1.29 is 23.9 Å². The summed E-state index contributed by atoms with van der Waals surface area (Å²) in [6.45, 7) is 3.37. The van der Waals surface area contributed by atoms with Gasteiger partial charge in [-0.05, 0) is 56.7 Å². The van der Waals surface area contributed by atoms with Crippen molar-refractivity contribution in [2.75, 3.05) is 33.1 Å². The number of carbonyl (C=O) groups is 3. The summed E-state index contributed by atoms with van der Waals surface area (Å²) in [7, 11) is 0. The highest BCUT2D eigenvalue weighted by atomic mass is 16.7. The zero-order chi connectivity index (χ0) is 25.4. The molecule has 0 bridgehead atoms. The van der Waals surface area contributed by atoms with Crippen molar-refractivity contribution in [1.82, 2.24) is 16.0 Å². The molecule has 1 saturated carbocycles. The molecule has 2 saturated heterocycles. The van der Waals surface area contributed by atoms with Crippen LogP contribution in [0, 0.1) is 17.3 Å². The maximum absolute atomic E-state index is 13.7. The number of carbonyl (C=O) groups excluding carboxylic acids is 3. The molecule has 1 aromatic rings. The molecule has 9 nitrogen and oxygen atoms in total. The lowest BCUT2D eigenvalue weighted by molar-refractivity contribution is -0.143. The van der Waals surface area contributed by atoms with Gasteiger partial charge in [-0.3, -0.25) is 14.4 Å². The lowest BCUT2D eigenvalue weighted by Gasteiger charge is -2.36. The Balaban J connectivity index is 1.51. The molecule has 3 aliphatic rings. The van der Waals surface area contributed by atoms with Gasteiger partial charge in [-0.2, -0.15) is 0 Å². The average molecular weight is 501 g/mol. The number of nitrogens with two attached hydrogens (primary N) is 1. The van der Waals surface area contributed by atoms with Crippen molar-refractivity contribution in [1.29, 1.82) is 0 Å².